The fourth-order valence-corrected chi connectivity index (χ4v) is 2.65. The SMILES string of the molecule is CCCc1c2nc(C(=O)[O-])ccc2cc2c(=O)cc(C(=O)[O-])oc12.[Na+].[Na+]. The second-order valence-corrected chi connectivity index (χ2v) is 5.30. The van der Waals surface area contributed by atoms with Crippen molar-refractivity contribution in [3.05, 3.63) is 51.5 Å². The summed E-state index contributed by atoms with van der Waals surface area (Å²) in [6.07, 6.45) is 1.08. The van der Waals surface area contributed by atoms with Crippen molar-refractivity contribution in [2.24, 2.45) is 0 Å². The molecule has 26 heavy (non-hydrogen) atoms. The van der Waals surface area contributed by atoms with Crippen LogP contribution in [0.1, 0.15) is 40.0 Å². The number of benzene rings is 1. The summed E-state index contributed by atoms with van der Waals surface area (Å²) in [5.74, 6) is -3.61. The maximum atomic E-state index is 12.2. The molecule has 0 amide bonds. The van der Waals surface area contributed by atoms with Crippen LogP contribution in [0.25, 0.3) is 21.9 Å². The Hall–Kier alpha value is -1.22. The van der Waals surface area contributed by atoms with Gasteiger partial charge >= 0.3 is 59.1 Å². The second kappa shape index (κ2) is 9.12. The van der Waals surface area contributed by atoms with Crippen LogP contribution in [0.2, 0.25) is 0 Å². The number of hydrogen-bond acceptors (Lipinski definition) is 7. The van der Waals surface area contributed by atoms with E-state index in [2.05, 4.69) is 4.98 Å². The summed E-state index contributed by atoms with van der Waals surface area (Å²) in [4.78, 5) is 38.3. The minimum absolute atomic E-state index is 0. The van der Waals surface area contributed by atoms with Gasteiger partial charge in [-0.15, -0.1) is 0 Å². The van der Waals surface area contributed by atoms with Crippen molar-refractivity contribution in [3.63, 3.8) is 0 Å². The monoisotopic (exact) mass is 371 g/mol. The number of carboxylic acids is 2. The first kappa shape index (κ1) is 22.8. The molecule has 0 aliphatic rings. The topological polar surface area (TPSA) is 123 Å². The molecule has 0 atom stereocenters. The van der Waals surface area contributed by atoms with Crippen LogP contribution in [0.5, 0.6) is 0 Å². The van der Waals surface area contributed by atoms with Gasteiger partial charge in [-0.25, -0.2) is 4.98 Å². The van der Waals surface area contributed by atoms with Crippen LogP contribution in [0.15, 0.2) is 33.5 Å². The minimum Gasteiger partial charge on any atom is -0.543 e. The van der Waals surface area contributed by atoms with Crippen molar-refractivity contribution < 1.29 is 83.3 Å². The first-order valence-electron chi connectivity index (χ1n) is 7.25. The molecule has 9 heteroatoms. The van der Waals surface area contributed by atoms with Gasteiger partial charge in [-0.05, 0) is 18.6 Å². The molecule has 0 spiro atoms. The predicted molar refractivity (Wildman–Crippen MR) is 80.4 cm³/mol. The summed E-state index contributed by atoms with van der Waals surface area (Å²) >= 11 is 0. The number of carbonyl (C=O) groups is 2. The normalized spacial score (nSPS) is 10.2. The number of hydrogen-bond donors (Lipinski definition) is 0. The molecule has 122 valence electrons. The number of aryl methyl sites for hydroxylation is 1. The molecule has 0 fully saturated rings. The van der Waals surface area contributed by atoms with Crippen molar-refractivity contribution in [2.45, 2.75) is 19.8 Å². The summed E-state index contributed by atoms with van der Waals surface area (Å²) in [6, 6.07) is 5.18. The van der Waals surface area contributed by atoms with E-state index in [1.807, 2.05) is 6.92 Å². The zero-order valence-electron chi connectivity index (χ0n) is 14.6. The van der Waals surface area contributed by atoms with Gasteiger partial charge in [0.25, 0.3) is 0 Å². The second-order valence-electron chi connectivity index (χ2n) is 5.30. The molecule has 7 nitrogen and oxygen atoms in total. The fourth-order valence-electron chi connectivity index (χ4n) is 2.65. The molecule has 2 aromatic heterocycles. The summed E-state index contributed by atoms with van der Waals surface area (Å²) in [6.45, 7) is 1.88. The van der Waals surface area contributed by atoms with E-state index >= 15 is 0 Å². The molecule has 1 aromatic carbocycles. The number of carbonyl (C=O) groups excluding carboxylic acids is 2. The zero-order chi connectivity index (χ0) is 17.4. The number of carboxylic acid groups (broad SMARTS) is 2. The molecule has 3 aromatic rings. The Balaban J connectivity index is 0.00000169. The van der Waals surface area contributed by atoms with E-state index in [0.29, 0.717) is 29.3 Å². The Morgan fingerprint density at radius 3 is 2.38 bits per heavy atom. The van der Waals surface area contributed by atoms with E-state index in [-0.39, 0.29) is 75.8 Å². The van der Waals surface area contributed by atoms with E-state index in [1.54, 1.807) is 0 Å². The van der Waals surface area contributed by atoms with Gasteiger partial charge in [0.1, 0.15) is 11.6 Å². The molecule has 0 radical (unpaired) electrons. The van der Waals surface area contributed by atoms with E-state index in [9.17, 15) is 24.6 Å². The Labute approximate surface area is 192 Å². The van der Waals surface area contributed by atoms with E-state index in [1.165, 1.54) is 18.2 Å². The summed E-state index contributed by atoms with van der Waals surface area (Å²) in [7, 11) is 0. The van der Waals surface area contributed by atoms with Gasteiger partial charge in [0.05, 0.1) is 22.6 Å². The van der Waals surface area contributed by atoms with Crippen molar-refractivity contribution >= 4 is 33.8 Å². The number of fused-ring (bicyclic) bond motifs is 2. The third-order valence-electron chi connectivity index (χ3n) is 3.68. The van der Waals surface area contributed by atoms with Crippen LogP contribution < -0.4 is 74.8 Å². The number of aromatic carboxylic acids is 2. The predicted octanol–water partition coefficient (Wildman–Crippen LogP) is -5.97. The third kappa shape index (κ3) is 4.19. The molecule has 3 rings (SSSR count). The smallest absolute Gasteiger partial charge is 0.543 e. The number of nitrogens with zero attached hydrogens (tertiary/aromatic N) is 1. The summed E-state index contributed by atoms with van der Waals surface area (Å²) in [5.41, 5.74) is 0.133. The van der Waals surface area contributed by atoms with Gasteiger partial charge in [-0.2, -0.15) is 0 Å². The van der Waals surface area contributed by atoms with E-state index in [4.69, 9.17) is 4.42 Å². The van der Waals surface area contributed by atoms with Crippen LogP contribution in [-0.4, -0.2) is 16.9 Å². The minimum atomic E-state index is -1.60. The summed E-state index contributed by atoms with van der Waals surface area (Å²) < 4.78 is 5.33. The first-order chi connectivity index (χ1) is 11.4. The number of rotatable bonds is 4. The van der Waals surface area contributed by atoms with Gasteiger partial charge in [0, 0.05) is 17.0 Å². The van der Waals surface area contributed by atoms with Crippen LogP contribution in [0, 0.1) is 0 Å². The van der Waals surface area contributed by atoms with Gasteiger partial charge < -0.3 is 24.2 Å². The van der Waals surface area contributed by atoms with Gasteiger partial charge in [0.2, 0.25) is 0 Å². The Morgan fingerprint density at radius 1 is 1.12 bits per heavy atom. The molecule has 2 heterocycles. The molecule has 0 unspecified atom stereocenters. The van der Waals surface area contributed by atoms with Crippen molar-refractivity contribution in [2.75, 3.05) is 0 Å². The van der Waals surface area contributed by atoms with Crippen molar-refractivity contribution in [1.29, 1.82) is 0 Å². The van der Waals surface area contributed by atoms with Crippen molar-refractivity contribution in [3.8, 4) is 0 Å². The maximum absolute atomic E-state index is 12.2. The molecule has 0 N–H and O–H groups in total. The molecular formula is C17H11NNa2O6. The average molecular weight is 371 g/mol. The molecule has 0 aliphatic carbocycles. The molecule has 0 saturated heterocycles. The average Bonchev–Trinajstić information content (AvgIpc) is 2.54. The van der Waals surface area contributed by atoms with Crippen LogP contribution in [-0.2, 0) is 6.42 Å². The Morgan fingerprint density at radius 2 is 1.81 bits per heavy atom. The molecule has 0 aliphatic heterocycles. The third-order valence-corrected chi connectivity index (χ3v) is 3.68. The van der Waals surface area contributed by atoms with Crippen LogP contribution in [0.3, 0.4) is 0 Å². The Bertz CT molecular complexity index is 1060. The largest absolute Gasteiger partial charge is 1.00 e. The Kier molecular flexibility index (Phi) is 8.01. The number of aromatic nitrogens is 1. The van der Waals surface area contributed by atoms with E-state index < -0.39 is 23.1 Å². The maximum Gasteiger partial charge on any atom is 1.00 e. The van der Waals surface area contributed by atoms with E-state index in [0.717, 1.165) is 6.07 Å². The zero-order valence-corrected chi connectivity index (χ0v) is 18.6. The molecular weight excluding hydrogens is 360 g/mol. The molecule has 0 saturated carbocycles. The first-order valence-corrected chi connectivity index (χ1v) is 7.25. The van der Waals surface area contributed by atoms with Gasteiger partial charge in [-0.3, -0.25) is 4.79 Å². The van der Waals surface area contributed by atoms with Gasteiger partial charge in [-0.1, -0.05) is 19.4 Å². The summed E-state index contributed by atoms with van der Waals surface area (Å²) in [5, 5.41) is 22.8. The van der Waals surface area contributed by atoms with Gasteiger partial charge in [0.15, 0.2) is 11.2 Å². The van der Waals surface area contributed by atoms with Crippen LogP contribution >= 0.6 is 0 Å². The standard InChI is InChI=1S/C17H13NO6.2Na/c1-2-3-9-14-8(4-5-11(18-14)16(20)21)6-10-12(19)7-13(17(22)23)24-15(9)10;;/h4-7H,2-3H2,1H3,(H,20,21)(H,22,23);;/q;2*+1/p-2. The van der Waals surface area contributed by atoms with Crippen LogP contribution in [0.4, 0.5) is 0 Å². The molecule has 0 bridgehead atoms. The quantitative estimate of drug-likeness (QED) is 0.330. The fraction of sp³-hybridized carbons (Fsp3) is 0.176. The van der Waals surface area contributed by atoms with Crippen molar-refractivity contribution in [1.82, 2.24) is 4.98 Å². The number of pyridine rings is 1.